The first-order valence-electron chi connectivity index (χ1n) is 5.01. The van der Waals surface area contributed by atoms with Gasteiger partial charge in [0, 0.05) is 20.0 Å². The van der Waals surface area contributed by atoms with Crippen LogP contribution in [0.15, 0.2) is 0 Å². The molecule has 0 aliphatic carbocycles. The maximum atomic E-state index is 11.4. The molecule has 5 nitrogen and oxygen atoms in total. The number of ether oxygens (including phenoxy) is 1. The highest BCUT2D eigenvalue weighted by Crippen LogP contribution is 2.18. The van der Waals surface area contributed by atoms with Crippen LogP contribution in [-0.2, 0) is 14.3 Å². The molecule has 15 heavy (non-hydrogen) atoms. The fourth-order valence-electron chi connectivity index (χ4n) is 1.65. The summed E-state index contributed by atoms with van der Waals surface area (Å²) in [5, 5.41) is 9.61. The standard InChI is InChI=1S/C10H16NO4/c1-3-15-10(14)8-6-11(7(2)12)5-4-9(8)13/h8-9,13H,2-6H2,1H3. The molecule has 0 bridgehead atoms. The van der Waals surface area contributed by atoms with E-state index in [-0.39, 0.29) is 19.1 Å². The number of aliphatic hydroxyl groups excluding tert-OH is 1. The van der Waals surface area contributed by atoms with Crippen LogP contribution < -0.4 is 0 Å². The molecular weight excluding hydrogens is 198 g/mol. The molecule has 1 rings (SSSR count). The molecule has 1 radical (unpaired) electrons. The van der Waals surface area contributed by atoms with Crippen LogP contribution in [0.2, 0.25) is 0 Å². The third kappa shape index (κ3) is 2.92. The summed E-state index contributed by atoms with van der Waals surface area (Å²) in [7, 11) is 0. The lowest BCUT2D eigenvalue weighted by Gasteiger charge is -2.34. The van der Waals surface area contributed by atoms with Gasteiger partial charge in [-0.2, -0.15) is 0 Å². The molecule has 1 amide bonds. The van der Waals surface area contributed by atoms with Gasteiger partial charge >= 0.3 is 5.97 Å². The molecule has 1 aliphatic heterocycles. The lowest BCUT2D eigenvalue weighted by atomic mass is 9.95. The van der Waals surface area contributed by atoms with Crippen molar-refractivity contribution in [1.29, 1.82) is 0 Å². The number of aliphatic hydroxyl groups is 1. The van der Waals surface area contributed by atoms with Crippen LogP contribution in [-0.4, -0.2) is 47.7 Å². The molecule has 0 spiro atoms. The van der Waals surface area contributed by atoms with Gasteiger partial charge in [0.2, 0.25) is 5.91 Å². The highest BCUT2D eigenvalue weighted by atomic mass is 16.5. The Morgan fingerprint density at radius 3 is 2.80 bits per heavy atom. The smallest absolute Gasteiger partial charge is 0.313 e. The summed E-state index contributed by atoms with van der Waals surface area (Å²) in [4.78, 5) is 23.9. The SMILES string of the molecule is [CH2]C(=O)N1CCC(O)C(C(=O)OCC)C1. The highest BCUT2D eigenvalue weighted by molar-refractivity contribution is 5.81. The minimum absolute atomic E-state index is 0.197. The van der Waals surface area contributed by atoms with E-state index >= 15 is 0 Å². The fraction of sp³-hybridized carbons (Fsp3) is 0.700. The largest absolute Gasteiger partial charge is 0.466 e. The predicted molar refractivity (Wildman–Crippen MR) is 52.7 cm³/mol. The van der Waals surface area contributed by atoms with Crippen molar-refractivity contribution in [2.24, 2.45) is 5.92 Å². The Kier molecular flexibility index (Phi) is 4.08. The molecular formula is C10H16NO4. The second-order valence-corrected chi connectivity index (χ2v) is 3.55. The molecule has 2 unspecified atom stereocenters. The van der Waals surface area contributed by atoms with Crippen LogP contribution in [0.25, 0.3) is 0 Å². The second kappa shape index (κ2) is 5.11. The predicted octanol–water partition coefficient (Wildman–Crippen LogP) is -0.407. The van der Waals surface area contributed by atoms with Gasteiger partial charge < -0.3 is 14.7 Å². The normalized spacial score (nSPS) is 26.2. The molecule has 0 aromatic rings. The van der Waals surface area contributed by atoms with Crippen molar-refractivity contribution in [2.75, 3.05) is 19.7 Å². The monoisotopic (exact) mass is 214 g/mol. The number of amides is 1. The number of likely N-dealkylation sites (tertiary alicyclic amines) is 1. The minimum Gasteiger partial charge on any atom is -0.466 e. The van der Waals surface area contributed by atoms with E-state index < -0.39 is 18.0 Å². The van der Waals surface area contributed by atoms with Gasteiger partial charge in [0.05, 0.1) is 12.7 Å². The van der Waals surface area contributed by atoms with Crippen molar-refractivity contribution in [3.63, 3.8) is 0 Å². The molecule has 85 valence electrons. The highest BCUT2D eigenvalue weighted by Gasteiger charge is 2.34. The Labute approximate surface area is 89.0 Å². The summed E-state index contributed by atoms with van der Waals surface area (Å²) >= 11 is 0. The van der Waals surface area contributed by atoms with Crippen molar-refractivity contribution in [3.8, 4) is 0 Å². The molecule has 1 fully saturated rings. The Balaban J connectivity index is 2.60. The summed E-state index contributed by atoms with van der Waals surface area (Å²) < 4.78 is 4.82. The Morgan fingerprint density at radius 2 is 2.27 bits per heavy atom. The second-order valence-electron chi connectivity index (χ2n) is 3.55. The van der Waals surface area contributed by atoms with Gasteiger partial charge in [-0.05, 0) is 13.3 Å². The lowest BCUT2D eigenvalue weighted by Crippen LogP contribution is -2.48. The minimum atomic E-state index is -0.723. The van der Waals surface area contributed by atoms with Crippen molar-refractivity contribution in [3.05, 3.63) is 6.92 Å². The maximum absolute atomic E-state index is 11.4. The lowest BCUT2D eigenvalue weighted by molar-refractivity contribution is -0.156. The van der Waals surface area contributed by atoms with Gasteiger partial charge in [0.25, 0.3) is 0 Å². The van der Waals surface area contributed by atoms with E-state index in [0.717, 1.165) is 0 Å². The molecule has 0 aromatic carbocycles. The fourth-order valence-corrected chi connectivity index (χ4v) is 1.65. The van der Waals surface area contributed by atoms with E-state index in [4.69, 9.17) is 4.74 Å². The Hall–Kier alpha value is -1.10. The number of carbonyl (C=O) groups excluding carboxylic acids is 2. The number of hydrogen-bond donors (Lipinski definition) is 1. The number of rotatable bonds is 2. The van der Waals surface area contributed by atoms with Crippen LogP contribution in [0.1, 0.15) is 13.3 Å². The number of piperidine rings is 1. The van der Waals surface area contributed by atoms with Crippen molar-refractivity contribution < 1.29 is 19.4 Å². The van der Waals surface area contributed by atoms with Gasteiger partial charge in [-0.3, -0.25) is 9.59 Å². The van der Waals surface area contributed by atoms with Crippen LogP contribution in [0.5, 0.6) is 0 Å². The van der Waals surface area contributed by atoms with Gasteiger partial charge in [-0.15, -0.1) is 0 Å². The first-order chi connectivity index (χ1) is 7.06. The molecule has 1 heterocycles. The van der Waals surface area contributed by atoms with E-state index in [1.807, 2.05) is 0 Å². The van der Waals surface area contributed by atoms with Crippen LogP contribution >= 0.6 is 0 Å². The average molecular weight is 214 g/mol. The maximum Gasteiger partial charge on any atom is 0.313 e. The average Bonchev–Trinajstić information content (AvgIpc) is 2.18. The molecule has 0 aromatic heterocycles. The number of hydrogen-bond acceptors (Lipinski definition) is 4. The number of esters is 1. The zero-order valence-corrected chi connectivity index (χ0v) is 8.81. The van der Waals surface area contributed by atoms with Crippen molar-refractivity contribution in [2.45, 2.75) is 19.4 Å². The first-order valence-corrected chi connectivity index (χ1v) is 5.01. The Bertz CT molecular complexity index is 254. The van der Waals surface area contributed by atoms with E-state index in [1.54, 1.807) is 6.92 Å². The van der Waals surface area contributed by atoms with Crippen LogP contribution in [0, 0.1) is 12.8 Å². The van der Waals surface area contributed by atoms with E-state index in [2.05, 4.69) is 6.92 Å². The quantitative estimate of drug-likeness (QED) is 0.635. The Morgan fingerprint density at radius 1 is 1.60 bits per heavy atom. The third-order valence-corrected chi connectivity index (χ3v) is 2.52. The molecule has 0 saturated carbocycles. The van der Waals surface area contributed by atoms with Gasteiger partial charge in [-0.1, -0.05) is 0 Å². The van der Waals surface area contributed by atoms with E-state index in [9.17, 15) is 14.7 Å². The van der Waals surface area contributed by atoms with Gasteiger partial charge in [0.1, 0.15) is 5.92 Å². The summed E-state index contributed by atoms with van der Waals surface area (Å²) in [6, 6.07) is 0. The van der Waals surface area contributed by atoms with E-state index in [0.29, 0.717) is 13.0 Å². The van der Waals surface area contributed by atoms with Gasteiger partial charge in [-0.25, -0.2) is 0 Å². The van der Waals surface area contributed by atoms with Crippen molar-refractivity contribution >= 4 is 11.9 Å². The molecule has 1 aliphatic rings. The van der Waals surface area contributed by atoms with Crippen LogP contribution in [0.4, 0.5) is 0 Å². The summed E-state index contributed by atoms with van der Waals surface area (Å²) in [6.07, 6.45) is -0.329. The topological polar surface area (TPSA) is 66.8 Å². The summed E-state index contributed by atoms with van der Waals surface area (Å²) in [5.41, 5.74) is 0. The number of nitrogens with zero attached hydrogens (tertiary/aromatic N) is 1. The molecule has 2 atom stereocenters. The van der Waals surface area contributed by atoms with Gasteiger partial charge in [0.15, 0.2) is 0 Å². The molecule has 1 N–H and O–H groups in total. The van der Waals surface area contributed by atoms with Crippen molar-refractivity contribution in [1.82, 2.24) is 4.90 Å². The van der Waals surface area contributed by atoms with E-state index in [1.165, 1.54) is 4.90 Å². The third-order valence-electron chi connectivity index (χ3n) is 2.52. The molecule has 1 saturated heterocycles. The summed E-state index contributed by atoms with van der Waals surface area (Å²) in [5.74, 6) is -1.41. The zero-order chi connectivity index (χ0) is 11.4. The zero-order valence-electron chi connectivity index (χ0n) is 8.81. The molecule has 5 heteroatoms. The number of carbonyl (C=O) groups is 2. The first kappa shape index (κ1) is 12.0. The van der Waals surface area contributed by atoms with Crippen LogP contribution in [0.3, 0.4) is 0 Å². The summed E-state index contributed by atoms with van der Waals surface area (Å²) in [6.45, 7) is 5.90.